The van der Waals surface area contributed by atoms with Gasteiger partial charge in [-0.1, -0.05) is 50.5 Å². The summed E-state index contributed by atoms with van der Waals surface area (Å²) in [4.78, 5) is 12.4. The molecule has 2 aromatic carbocycles. The number of hydrogen-bond acceptors (Lipinski definition) is 4. The van der Waals surface area contributed by atoms with Crippen LogP contribution in [0.4, 0.5) is 0 Å². The predicted molar refractivity (Wildman–Crippen MR) is 94.0 cm³/mol. The molecular formula is C20H24O4. The van der Waals surface area contributed by atoms with Gasteiger partial charge in [-0.25, -0.2) is 4.79 Å². The van der Waals surface area contributed by atoms with E-state index in [1.165, 1.54) is 20.0 Å². The highest BCUT2D eigenvalue weighted by Gasteiger charge is 2.16. The van der Waals surface area contributed by atoms with Gasteiger partial charge < -0.3 is 14.2 Å². The summed E-state index contributed by atoms with van der Waals surface area (Å²) >= 11 is 0. The molecule has 4 heteroatoms. The van der Waals surface area contributed by atoms with Crippen LogP contribution in [0.3, 0.4) is 0 Å². The summed E-state index contributed by atoms with van der Waals surface area (Å²) in [5, 5.41) is 0. The maximum Gasteiger partial charge on any atom is 0.347 e. The van der Waals surface area contributed by atoms with E-state index in [1.807, 2.05) is 24.3 Å². The summed E-state index contributed by atoms with van der Waals surface area (Å²) in [6, 6.07) is 14.2. The molecule has 0 heterocycles. The third kappa shape index (κ3) is 5.01. The van der Waals surface area contributed by atoms with Gasteiger partial charge in [0.15, 0.2) is 11.5 Å². The van der Waals surface area contributed by atoms with Gasteiger partial charge in [0, 0.05) is 0 Å². The Bertz CT molecular complexity index is 652. The van der Waals surface area contributed by atoms with Crippen LogP contribution in [0.5, 0.6) is 17.2 Å². The summed E-state index contributed by atoms with van der Waals surface area (Å²) < 4.78 is 16.5. The van der Waals surface area contributed by atoms with E-state index in [2.05, 4.69) is 6.92 Å². The van der Waals surface area contributed by atoms with Gasteiger partial charge in [-0.05, 0) is 30.7 Å². The zero-order chi connectivity index (χ0) is 17.2. The molecule has 0 aromatic heterocycles. The molecule has 0 atom stereocenters. The third-order valence-corrected chi connectivity index (χ3v) is 3.63. The molecule has 0 N–H and O–H groups in total. The standard InChI is InChI=1S/C20H24O4/c1-3-4-5-10-15-23-18-13-8-9-14-19(18)24-20(21)16-11-6-7-12-17(16)22-2/h6-9,11-14H,3-5,10,15H2,1-2H3. The number of methoxy groups -OCH3 is 1. The smallest absolute Gasteiger partial charge is 0.347 e. The van der Waals surface area contributed by atoms with E-state index in [-0.39, 0.29) is 0 Å². The number of para-hydroxylation sites is 3. The average Bonchev–Trinajstić information content (AvgIpc) is 2.62. The molecule has 0 saturated heterocycles. The van der Waals surface area contributed by atoms with Crippen LogP contribution in [0, 0.1) is 0 Å². The molecule has 128 valence electrons. The fourth-order valence-corrected chi connectivity index (χ4v) is 2.33. The first-order valence-electron chi connectivity index (χ1n) is 8.33. The third-order valence-electron chi connectivity index (χ3n) is 3.63. The Kier molecular flexibility index (Phi) is 7.15. The number of ether oxygens (including phenoxy) is 3. The van der Waals surface area contributed by atoms with Crippen molar-refractivity contribution >= 4 is 5.97 Å². The van der Waals surface area contributed by atoms with Crippen LogP contribution in [0.25, 0.3) is 0 Å². The number of hydrogen-bond donors (Lipinski definition) is 0. The topological polar surface area (TPSA) is 44.8 Å². The van der Waals surface area contributed by atoms with Gasteiger partial charge in [-0.3, -0.25) is 0 Å². The van der Waals surface area contributed by atoms with Crippen LogP contribution in [-0.4, -0.2) is 19.7 Å². The van der Waals surface area contributed by atoms with Crippen LogP contribution >= 0.6 is 0 Å². The van der Waals surface area contributed by atoms with Crippen molar-refractivity contribution < 1.29 is 19.0 Å². The van der Waals surface area contributed by atoms with Gasteiger partial charge >= 0.3 is 5.97 Å². The Morgan fingerprint density at radius 3 is 2.25 bits per heavy atom. The molecule has 0 amide bonds. The quantitative estimate of drug-likeness (QED) is 0.374. The minimum Gasteiger partial charge on any atom is -0.496 e. The van der Waals surface area contributed by atoms with Gasteiger partial charge in [0.2, 0.25) is 0 Å². The normalized spacial score (nSPS) is 10.2. The number of carbonyl (C=O) groups excluding carboxylic acids is 1. The summed E-state index contributed by atoms with van der Waals surface area (Å²) in [5.41, 5.74) is 0.387. The minimum atomic E-state index is -0.463. The number of unbranched alkanes of at least 4 members (excludes halogenated alkanes) is 3. The number of rotatable bonds is 9. The molecule has 0 aliphatic rings. The van der Waals surface area contributed by atoms with E-state index in [1.54, 1.807) is 24.3 Å². The molecule has 4 nitrogen and oxygen atoms in total. The Balaban J connectivity index is 2.02. The molecule has 0 fully saturated rings. The van der Waals surface area contributed by atoms with Gasteiger partial charge in [0.1, 0.15) is 11.3 Å². The molecule has 0 unspecified atom stereocenters. The molecule has 0 saturated carbocycles. The van der Waals surface area contributed by atoms with Crippen molar-refractivity contribution in [3.8, 4) is 17.2 Å². The fourth-order valence-electron chi connectivity index (χ4n) is 2.33. The largest absolute Gasteiger partial charge is 0.496 e. The summed E-state index contributed by atoms with van der Waals surface area (Å²) in [6.07, 6.45) is 4.52. The average molecular weight is 328 g/mol. The van der Waals surface area contributed by atoms with E-state index >= 15 is 0 Å². The fraction of sp³-hybridized carbons (Fsp3) is 0.350. The van der Waals surface area contributed by atoms with E-state index in [9.17, 15) is 4.79 Å². The van der Waals surface area contributed by atoms with E-state index in [0.717, 1.165) is 12.8 Å². The first-order valence-corrected chi connectivity index (χ1v) is 8.33. The van der Waals surface area contributed by atoms with Crippen LogP contribution in [0.2, 0.25) is 0 Å². The van der Waals surface area contributed by atoms with E-state index in [0.29, 0.717) is 29.4 Å². The molecule has 0 aliphatic carbocycles. The van der Waals surface area contributed by atoms with Gasteiger partial charge in [-0.15, -0.1) is 0 Å². The second kappa shape index (κ2) is 9.60. The van der Waals surface area contributed by atoms with Crippen molar-refractivity contribution in [1.82, 2.24) is 0 Å². The zero-order valence-corrected chi connectivity index (χ0v) is 14.3. The minimum absolute atomic E-state index is 0.387. The van der Waals surface area contributed by atoms with Crippen molar-refractivity contribution in [3.05, 3.63) is 54.1 Å². The predicted octanol–water partition coefficient (Wildman–Crippen LogP) is 4.87. The van der Waals surface area contributed by atoms with Gasteiger partial charge in [0.05, 0.1) is 13.7 Å². The molecule has 0 radical (unpaired) electrons. The van der Waals surface area contributed by atoms with Crippen molar-refractivity contribution in [3.63, 3.8) is 0 Å². The molecule has 2 aromatic rings. The van der Waals surface area contributed by atoms with Crippen molar-refractivity contribution in [2.45, 2.75) is 32.6 Å². The highest BCUT2D eigenvalue weighted by molar-refractivity contribution is 5.94. The lowest BCUT2D eigenvalue weighted by Crippen LogP contribution is -2.11. The maximum atomic E-state index is 12.4. The van der Waals surface area contributed by atoms with Crippen LogP contribution in [-0.2, 0) is 0 Å². The van der Waals surface area contributed by atoms with E-state index in [4.69, 9.17) is 14.2 Å². The Labute approximate surface area is 143 Å². The lowest BCUT2D eigenvalue weighted by atomic mass is 10.2. The molecule has 2 rings (SSSR count). The summed E-state index contributed by atoms with van der Waals surface area (Å²) in [6.45, 7) is 2.79. The first kappa shape index (κ1) is 17.9. The van der Waals surface area contributed by atoms with Gasteiger partial charge in [-0.2, -0.15) is 0 Å². The molecular weight excluding hydrogens is 304 g/mol. The monoisotopic (exact) mass is 328 g/mol. The van der Waals surface area contributed by atoms with Crippen LogP contribution < -0.4 is 14.2 Å². The second-order valence-electron chi connectivity index (χ2n) is 5.45. The van der Waals surface area contributed by atoms with Crippen LogP contribution in [0.1, 0.15) is 43.0 Å². The first-order chi connectivity index (χ1) is 11.8. The maximum absolute atomic E-state index is 12.4. The number of benzene rings is 2. The lowest BCUT2D eigenvalue weighted by molar-refractivity contribution is 0.0724. The summed E-state index contributed by atoms with van der Waals surface area (Å²) in [7, 11) is 1.53. The highest BCUT2D eigenvalue weighted by atomic mass is 16.6. The molecule has 0 aliphatic heterocycles. The summed E-state index contributed by atoms with van der Waals surface area (Å²) in [5.74, 6) is 1.02. The lowest BCUT2D eigenvalue weighted by Gasteiger charge is -2.12. The Morgan fingerprint density at radius 1 is 0.875 bits per heavy atom. The van der Waals surface area contributed by atoms with Crippen molar-refractivity contribution in [2.75, 3.05) is 13.7 Å². The second-order valence-corrected chi connectivity index (χ2v) is 5.45. The zero-order valence-electron chi connectivity index (χ0n) is 14.3. The highest BCUT2D eigenvalue weighted by Crippen LogP contribution is 2.28. The molecule has 0 spiro atoms. The SMILES string of the molecule is CCCCCCOc1ccccc1OC(=O)c1ccccc1OC. The number of esters is 1. The van der Waals surface area contributed by atoms with Crippen molar-refractivity contribution in [2.24, 2.45) is 0 Å². The Hall–Kier alpha value is -2.49. The van der Waals surface area contributed by atoms with Crippen LogP contribution in [0.15, 0.2) is 48.5 Å². The Morgan fingerprint density at radius 2 is 1.54 bits per heavy atom. The molecule has 0 bridgehead atoms. The van der Waals surface area contributed by atoms with E-state index < -0.39 is 5.97 Å². The molecule has 24 heavy (non-hydrogen) atoms. The number of carbonyl (C=O) groups is 1. The van der Waals surface area contributed by atoms with Crippen molar-refractivity contribution in [1.29, 1.82) is 0 Å². The van der Waals surface area contributed by atoms with Gasteiger partial charge in [0.25, 0.3) is 0 Å².